The molecule has 1 aliphatic carbocycles. The molecule has 0 radical (unpaired) electrons. The SMILES string of the molecule is c1ccc(-n2c3ccccc3c3ccc(-c4ccccc4N(c4ccc(-c5cccc6c5oc5ccccc56)cc4)c4ccccc4-c4cccc5cccc(C6CCCCC6)c45)cc32)cc1. The fourth-order valence-corrected chi connectivity index (χ4v) is 11.3. The van der Waals surface area contributed by atoms with Gasteiger partial charge in [-0.25, -0.2) is 0 Å². The van der Waals surface area contributed by atoms with Crippen molar-refractivity contribution in [1.82, 2.24) is 4.57 Å². The van der Waals surface area contributed by atoms with Crippen LogP contribution in [0.4, 0.5) is 17.1 Å². The molecule has 0 unspecified atom stereocenters. The number of para-hydroxylation sites is 6. The number of anilines is 3. The van der Waals surface area contributed by atoms with Gasteiger partial charge in [-0.1, -0.05) is 189 Å². The Morgan fingerprint density at radius 3 is 1.87 bits per heavy atom. The molecule has 0 aliphatic heterocycles. The average molecular weight is 861 g/mol. The molecule has 3 nitrogen and oxygen atoms in total. The summed E-state index contributed by atoms with van der Waals surface area (Å²) in [7, 11) is 0. The maximum atomic E-state index is 6.55. The molecule has 1 aliphatic rings. The zero-order valence-corrected chi connectivity index (χ0v) is 37.3. The highest BCUT2D eigenvalue weighted by Crippen LogP contribution is 2.49. The summed E-state index contributed by atoms with van der Waals surface area (Å²) in [6, 6.07) is 82.3. The topological polar surface area (TPSA) is 21.3 Å². The monoisotopic (exact) mass is 860 g/mol. The molecule has 1 fully saturated rings. The highest BCUT2D eigenvalue weighted by atomic mass is 16.3. The third-order valence-electron chi connectivity index (χ3n) is 14.4. The first-order chi connectivity index (χ1) is 33.3. The van der Waals surface area contributed by atoms with Crippen molar-refractivity contribution in [2.45, 2.75) is 38.0 Å². The lowest BCUT2D eigenvalue weighted by Crippen LogP contribution is -2.12. The van der Waals surface area contributed by atoms with E-state index in [0.717, 1.165) is 66.9 Å². The predicted molar refractivity (Wildman–Crippen MR) is 282 cm³/mol. The van der Waals surface area contributed by atoms with Gasteiger partial charge in [0.25, 0.3) is 0 Å². The molecular formula is C64H48N2O. The van der Waals surface area contributed by atoms with Crippen LogP contribution in [-0.2, 0) is 0 Å². The number of hydrogen-bond donors (Lipinski definition) is 0. The first-order valence-electron chi connectivity index (χ1n) is 23.9. The van der Waals surface area contributed by atoms with E-state index >= 15 is 0 Å². The summed E-state index contributed by atoms with van der Waals surface area (Å²) in [5.74, 6) is 0.563. The summed E-state index contributed by atoms with van der Waals surface area (Å²) >= 11 is 0. The quantitative estimate of drug-likeness (QED) is 0.152. The minimum absolute atomic E-state index is 0.563. The largest absolute Gasteiger partial charge is 0.455 e. The second-order valence-corrected chi connectivity index (χ2v) is 18.2. The van der Waals surface area contributed by atoms with Gasteiger partial charge in [0, 0.05) is 49.6 Å². The van der Waals surface area contributed by atoms with Gasteiger partial charge in [-0.05, 0) is 106 Å². The normalized spacial score (nSPS) is 13.3. The van der Waals surface area contributed by atoms with E-state index in [4.69, 9.17) is 4.42 Å². The molecule has 1 saturated carbocycles. The molecule has 2 aromatic heterocycles. The van der Waals surface area contributed by atoms with Crippen LogP contribution in [-0.4, -0.2) is 4.57 Å². The van der Waals surface area contributed by atoms with Crippen LogP contribution in [0.15, 0.2) is 229 Å². The summed E-state index contributed by atoms with van der Waals surface area (Å²) in [4.78, 5) is 2.50. The molecule has 0 amide bonds. The molecule has 3 heteroatoms. The number of nitrogens with zero attached hydrogens (tertiary/aromatic N) is 2. The summed E-state index contributed by atoms with van der Waals surface area (Å²) in [5, 5.41) is 7.44. The van der Waals surface area contributed by atoms with E-state index in [1.807, 2.05) is 6.07 Å². The Morgan fingerprint density at radius 1 is 0.418 bits per heavy atom. The smallest absolute Gasteiger partial charge is 0.143 e. The molecule has 10 aromatic carbocycles. The van der Waals surface area contributed by atoms with E-state index in [1.165, 1.54) is 81.4 Å². The summed E-state index contributed by atoms with van der Waals surface area (Å²) in [5.41, 5.74) is 17.1. The molecule has 320 valence electrons. The van der Waals surface area contributed by atoms with Crippen molar-refractivity contribution in [3.8, 4) is 39.1 Å². The van der Waals surface area contributed by atoms with Gasteiger partial charge in [0.2, 0.25) is 0 Å². The highest BCUT2D eigenvalue weighted by molar-refractivity contribution is 6.12. The summed E-state index contributed by atoms with van der Waals surface area (Å²) < 4.78 is 8.96. The molecule has 0 bridgehead atoms. The van der Waals surface area contributed by atoms with E-state index in [0.29, 0.717) is 5.92 Å². The summed E-state index contributed by atoms with van der Waals surface area (Å²) in [6.45, 7) is 0. The van der Waals surface area contributed by atoms with Crippen LogP contribution in [0.25, 0.3) is 93.6 Å². The molecule has 2 heterocycles. The van der Waals surface area contributed by atoms with Crippen molar-refractivity contribution in [2.75, 3.05) is 4.90 Å². The second-order valence-electron chi connectivity index (χ2n) is 18.2. The molecule has 0 N–H and O–H groups in total. The van der Waals surface area contributed by atoms with E-state index in [2.05, 4.69) is 228 Å². The van der Waals surface area contributed by atoms with Gasteiger partial charge in [0.05, 0.1) is 22.4 Å². The lowest BCUT2D eigenvalue weighted by atomic mass is 9.80. The Hall–Kier alpha value is -8.14. The van der Waals surface area contributed by atoms with Crippen LogP contribution >= 0.6 is 0 Å². The van der Waals surface area contributed by atoms with E-state index in [-0.39, 0.29) is 0 Å². The van der Waals surface area contributed by atoms with Gasteiger partial charge in [-0.15, -0.1) is 0 Å². The van der Waals surface area contributed by atoms with Crippen molar-refractivity contribution in [2.24, 2.45) is 0 Å². The standard InChI is InChI=1S/C64H48N2O/c1-3-18-43(19-4-1)50-28-15-20-45-21-16-30-56(63(45)50)53-26-9-13-34-60(53)65(48-39-36-44(37-40-48)51-29-17-31-57-55-27-10-14-35-62(55)67-64(51)57)58-32-11-7-24-49(58)46-38-41-54-52-25-8-12-33-59(52)66(61(54)42-46)47-22-5-2-6-23-47/h2,5-17,20-43H,1,3-4,18-19H2. The molecule has 12 aromatic rings. The lowest BCUT2D eigenvalue weighted by Gasteiger charge is -2.31. The molecule has 67 heavy (non-hydrogen) atoms. The van der Waals surface area contributed by atoms with Gasteiger partial charge < -0.3 is 13.9 Å². The van der Waals surface area contributed by atoms with Gasteiger partial charge >= 0.3 is 0 Å². The van der Waals surface area contributed by atoms with Crippen molar-refractivity contribution >= 4 is 71.6 Å². The van der Waals surface area contributed by atoms with Crippen LogP contribution in [0.1, 0.15) is 43.6 Å². The molecule has 13 rings (SSSR count). The fraction of sp³-hybridized carbons (Fsp3) is 0.0938. The summed E-state index contributed by atoms with van der Waals surface area (Å²) in [6.07, 6.45) is 6.41. The van der Waals surface area contributed by atoms with Gasteiger partial charge in [-0.2, -0.15) is 0 Å². The molecule has 0 spiro atoms. The zero-order valence-electron chi connectivity index (χ0n) is 37.3. The van der Waals surface area contributed by atoms with Crippen LogP contribution in [0.2, 0.25) is 0 Å². The van der Waals surface area contributed by atoms with E-state index in [9.17, 15) is 0 Å². The van der Waals surface area contributed by atoms with Crippen LogP contribution in [0.3, 0.4) is 0 Å². The minimum atomic E-state index is 0.563. The van der Waals surface area contributed by atoms with Crippen LogP contribution in [0, 0.1) is 0 Å². The Morgan fingerprint density at radius 2 is 1.03 bits per heavy atom. The zero-order chi connectivity index (χ0) is 44.3. The Labute approximate surface area is 390 Å². The highest BCUT2D eigenvalue weighted by Gasteiger charge is 2.25. The Balaban J connectivity index is 1.03. The number of furan rings is 1. The number of rotatable bonds is 8. The Bertz CT molecular complexity index is 3790. The predicted octanol–water partition coefficient (Wildman–Crippen LogP) is 18.4. The minimum Gasteiger partial charge on any atom is -0.455 e. The van der Waals surface area contributed by atoms with Crippen LogP contribution < -0.4 is 4.90 Å². The first-order valence-corrected chi connectivity index (χ1v) is 23.9. The molecule has 0 atom stereocenters. The third kappa shape index (κ3) is 6.64. The number of hydrogen-bond acceptors (Lipinski definition) is 2. The van der Waals surface area contributed by atoms with E-state index < -0.39 is 0 Å². The van der Waals surface area contributed by atoms with Gasteiger partial charge in [0.1, 0.15) is 11.2 Å². The number of aromatic nitrogens is 1. The number of fused-ring (bicyclic) bond motifs is 7. The van der Waals surface area contributed by atoms with Crippen molar-refractivity contribution in [3.63, 3.8) is 0 Å². The fourth-order valence-electron chi connectivity index (χ4n) is 11.3. The van der Waals surface area contributed by atoms with Crippen LogP contribution in [0.5, 0.6) is 0 Å². The second kappa shape index (κ2) is 16.4. The number of benzene rings is 10. The Kier molecular flexibility index (Phi) is 9.60. The maximum absolute atomic E-state index is 6.55. The van der Waals surface area contributed by atoms with E-state index in [1.54, 1.807) is 0 Å². The lowest BCUT2D eigenvalue weighted by molar-refractivity contribution is 0.445. The van der Waals surface area contributed by atoms with Crippen molar-refractivity contribution < 1.29 is 4.42 Å². The first kappa shape index (κ1) is 39.2. The van der Waals surface area contributed by atoms with Crippen molar-refractivity contribution in [1.29, 1.82) is 0 Å². The molecular weight excluding hydrogens is 813 g/mol. The average Bonchev–Trinajstić information content (AvgIpc) is 3.95. The van der Waals surface area contributed by atoms with Crippen molar-refractivity contribution in [3.05, 3.63) is 230 Å². The molecule has 0 saturated heterocycles. The van der Waals surface area contributed by atoms with Gasteiger partial charge in [0.15, 0.2) is 0 Å². The maximum Gasteiger partial charge on any atom is 0.143 e. The third-order valence-corrected chi connectivity index (χ3v) is 14.4. The van der Waals surface area contributed by atoms with Gasteiger partial charge in [-0.3, -0.25) is 0 Å².